The standard InChI is InChI=1S/C18H27ClOSi/c19-18(11-5-2-6-12-18)16-21(14-8-7-13-20-21)15-17-9-3-1-4-10-17/h1,3-4,9-10H,2,5-8,11-16H2. The monoisotopic (exact) mass is 322 g/mol. The molecule has 0 amide bonds. The van der Waals surface area contributed by atoms with E-state index in [4.69, 9.17) is 16.0 Å². The zero-order valence-corrected chi connectivity index (χ0v) is 14.7. The van der Waals surface area contributed by atoms with Gasteiger partial charge in [-0.3, -0.25) is 0 Å². The van der Waals surface area contributed by atoms with Crippen LogP contribution in [0.3, 0.4) is 0 Å². The first-order chi connectivity index (χ1) is 10.2. The molecule has 1 unspecified atom stereocenters. The van der Waals surface area contributed by atoms with Crippen molar-refractivity contribution >= 4 is 19.9 Å². The zero-order chi connectivity index (χ0) is 14.6. The van der Waals surface area contributed by atoms with Crippen molar-refractivity contribution in [3.8, 4) is 0 Å². The predicted molar refractivity (Wildman–Crippen MR) is 92.4 cm³/mol. The molecule has 1 aliphatic heterocycles. The number of hydrogen-bond acceptors (Lipinski definition) is 1. The summed E-state index contributed by atoms with van der Waals surface area (Å²) in [4.78, 5) is 0.0383. The lowest BCUT2D eigenvalue weighted by Crippen LogP contribution is -2.49. The lowest BCUT2D eigenvalue weighted by Gasteiger charge is -2.42. The fourth-order valence-corrected chi connectivity index (χ4v) is 9.94. The molecule has 1 aromatic rings. The molecular formula is C18H27ClOSi. The van der Waals surface area contributed by atoms with E-state index in [1.165, 1.54) is 56.6 Å². The third-order valence-corrected chi connectivity index (χ3v) is 10.4. The van der Waals surface area contributed by atoms with Crippen LogP contribution in [0.15, 0.2) is 30.3 Å². The Labute approximate surface area is 135 Å². The summed E-state index contributed by atoms with van der Waals surface area (Å²) < 4.78 is 6.49. The number of alkyl halides is 1. The van der Waals surface area contributed by atoms with Gasteiger partial charge in [-0.25, -0.2) is 0 Å². The minimum Gasteiger partial charge on any atom is -0.416 e. The molecule has 1 saturated heterocycles. The van der Waals surface area contributed by atoms with Crippen molar-refractivity contribution in [1.82, 2.24) is 0 Å². The van der Waals surface area contributed by atoms with E-state index in [2.05, 4.69) is 30.3 Å². The van der Waals surface area contributed by atoms with Crippen LogP contribution in [-0.4, -0.2) is 19.8 Å². The number of benzene rings is 1. The van der Waals surface area contributed by atoms with E-state index in [-0.39, 0.29) is 4.87 Å². The SMILES string of the molecule is ClC1(C[Si]2(Cc3ccccc3)CCCCO2)CCCCC1. The van der Waals surface area contributed by atoms with Gasteiger partial charge in [0.1, 0.15) is 0 Å². The summed E-state index contributed by atoms with van der Waals surface area (Å²) in [5.41, 5.74) is 1.45. The van der Waals surface area contributed by atoms with E-state index in [0.29, 0.717) is 0 Å². The molecule has 0 spiro atoms. The molecule has 3 heteroatoms. The van der Waals surface area contributed by atoms with Gasteiger partial charge in [-0.1, -0.05) is 56.0 Å². The van der Waals surface area contributed by atoms with Crippen molar-refractivity contribution in [2.45, 2.75) is 68.0 Å². The van der Waals surface area contributed by atoms with Crippen LogP contribution in [0.2, 0.25) is 12.1 Å². The first kappa shape index (κ1) is 15.6. The van der Waals surface area contributed by atoms with Gasteiger partial charge in [-0.05, 0) is 43.0 Å². The van der Waals surface area contributed by atoms with Crippen LogP contribution in [0.1, 0.15) is 50.5 Å². The van der Waals surface area contributed by atoms with Crippen LogP contribution in [0.25, 0.3) is 0 Å². The highest BCUT2D eigenvalue weighted by Gasteiger charge is 2.45. The van der Waals surface area contributed by atoms with Crippen molar-refractivity contribution in [2.75, 3.05) is 6.61 Å². The van der Waals surface area contributed by atoms with Crippen molar-refractivity contribution in [2.24, 2.45) is 0 Å². The third kappa shape index (κ3) is 4.11. The Hall–Kier alpha value is -0.313. The van der Waals surface area contributed by atoms with E-state index in [9.17, 15) is 0 Å². The van der Waals surface area contributed by atoms with Gasteiger partial charge in [0.25, 0.3) is 0 Å². The highest BCUT2D eigenvalue weighted by Crippen LogP contribution is 2.44. The van der Waals surface area contributed by atoms with E-state index < -0.39 is 8.32 Å². The van der Waals surface area contributed by atoms with Gasteiger partial charge in [0.2, 0.25) is 0 Å². The quantitative estimate of drug-likeness (QED) is 0.528. The van der Waals surface area contributed by atoms with Gasteiger partial charge < -0.3 is 4.43 Å². The normalized spacial score (nSPS) is 29.2. The molecule has 1 saturated carbocycles. The van der Waals surface area contributed by atoms with E-state index in [1.807, 2.05) is 0 Å². The second-order valence-electron chi connectivity index (χ2n) is 7.04. The molecule has 2 fully saturated rings. The Morgan fingerprint density at radius 1 is 1.00 bits per heavy atom. The summed E-state index contributed by atoms with van der Waals surface area (Å²) in [5.74, 6) is 0. The van der Waals surface area contributed by atoms with E-state index >= 15 is 0 Å². The molecule has 0 radical (unpaired) electrons. The van der Waals surface area contributed by atoms with Crippen LogP contribution in [0.4, 0.5) is 0 Å². The van der Waals surface area contributed by atoms with Gasteiger partial charge in [-0.2, -0.15) is 0 Å². The summed E-state index contributed by atoms with van der Waals surface area (Å²) in [5, 5.41) is 0. The maximum absolute atomic E-state index is 7.02. The Morgan fingerprint density at radius 2 is 1.76 bits per heavy atom. The second kappa shape index (κ2) is 6.85. The molecule has 0 bridgehead atoms. The Kier molecular flexibility index (Phi) is 5.08. The molecule has 1 atom stereocenters. The van der Waals surface area contributed by atoms with Gasteiger partial charge in [-0.15, -0.1) is 11.6 Å². The number of halogens is 1. The summed E-state index contributed by atoms with van der Waals surface area (Å²) in [6.07, 6.45) is 8.94. The topological polar surface area (TPSA) is 9.23 Å². The number of hydrogen-bond donors (Lipinski definition) is 0. The van der Waals surface area contributed by atoms with E-state index in [0.717, 1.165) is 18.7 Å². The minimum absolute atomic E-state index is 0.0383. The summed E-state index contributed by atoms with van der Waals surface area (Å²) in [6.45, 7) is 0.964. The van der Waals surface area contributed by atoms with Crippen LogP contribution in [0.5, 0.6) is 0 Å². The highest BCUT2D eigenvalue weighted by atomic mass is 35.5. The fraction of sp³-hybridized carbons (Fsp3) is 0.667. The molecule has 1 nitrogen and oxygen atoms in total. The average Bonchev–Trinajstić information content (AvgIpc) is 2.49. The molecule has 0 aromatic heterocycles. The summed E-state index contributed by atoms with van der Waals surface area (Å²) >= 11 is 7.02. The first-order valence-electron chi connectivity index (χ1n) is 8.57. The molecule has 1 aromatic carbocycles. The van der Waals surface area contributed by atoms with Crippen molar-refractivity contribution < 1.29 is 4.43 Å². The van der Waals surface area contributed by atoms with Crippen LogP contribution in [0, 0.1) is 0 Å². The third-order valence-electron chi connectivity index (χ3n) is 5.19. The van der Waals surface area contributed by atoms with Gasteiger partial charge >= 0.3 is 0 Å². The predicted octanol–water partition coefficient (Wildman–Crippen LogP) is 5.47. The van der Waals surface area contributed by atoms with Gasteiger partial charge in [0.05, 0.1) is 0 Å². The molecular weight excluding hydrogens is 296 g/mol. The number of rotatable bonds is 4. The van der Waals surface area contributed by atoms with Crippen molar-refractivity contribution in [3.63, 3.8) is 0 Å². The Morgan fingerprint density at radius 3 is 2.43 bits per heavy atom. The smallest absolute Gasteiger partial charge is 0.198 e. The molecule has 2 aliphatic rings. The maximum Gasteiger partial charge on any atom is 0.198 e. The maximum atomic E-state index is 7.02. The van der Waals surface area contributed by atoms with Crippen LogP contribution < -0.4 is 0 Å². The van der Waals surface area contributed by atoms with Crippen molar-refractivity contribution in [1.29, 1.82) is 0 Å². The molecule has 1 aliphatic carbocycles. The lowest BCUT2D eigenvalue weighted by molar-refractivity contribution is 0.256. The van der Waals surface area contributed by atoms with Gasteiger partial charge in [0, 0.05) is 11.5 Å². The summed E-state index contributed by atoms with van der Waals surface area (Å²) in [6, 6.07) is 14.5. The Bertz CT molecular complexity index is 436. The minimum atomic E-state index is -1.72. The molecule has 0 N–H and O–H groups in total. The first-order valence-corrected chi connectivity index (χ1v) is 11.5. The second-order valence-corrected chi connectivity index (χ2v) is 11.7. The largest absolute Gasteiger partial charge is 0.416 e. The van der Waals surface area contributed by atoms with Crippen LogP contribution in [-0.2, 0) is 10.5 Å². The van der Waals surface area contributed by atoms with Crippen LogP contribution >= 0.6 is 11.6 Å². The average molecular weight is 323 g/mol. The Balaban J connectivity index is 1.76. The van der Waals surface area contributed by atoms with Crippen molar-refractivity contribution in [3.05, 3.63) is 35.9 Å². The lowest BCUT2D eigenvalue weighted by atomic mass is 9.90. The van der Waals surface area contributed by atoms with E-state index in [1.54, 1.807) is 0 Å². The zero-order valence-electron chi connectivity index (χ0n) is 13.0. The molecule has 21 heavy (non-hydrogen) atoms. The van der Waals surface area contributed by atoms with Gasteiger partial charge in [0.15, 0.2) is 8.32 Å². The molecule has 116 valence electrons. The molecule has 3 rings (SSSR count). The highest BCUT2D eigenvalue weighted by molar-refractivity contribution is 6.74. The molecule has 1 heterocycles. The summed E-state index contributed by atoms with van der Waals surface area (Å²) in [7, 11) is -1.72. The fourth-order valence-electron chi connectivity index (χ4n) is 4.16.